The van der Waals surface area contributed by atoms with Crippen molar-refractivity contribution in [3.63, 3.8) is 0 Å². The van der Waals surface area contributed by atoms with Crippen LogP contribution < -0.4 is 0 Å². The van der Waals surface area contributed by atoms with Crippen LogP contribution in [-0.2, 0) is 13.0 Å². The summed E-state index contributed by atoms with van der Waals surface area (Å²) in [5.74, 6) is 2.15. The molecule has 1 aliphatic rings. The van der Waals surface area contributed by atoms with E-state index in [0.29, 0.717) is 0 Å². The molecule has 1 aliphatic carbocycles. The Morgan fingerprint density at radius 2 is 1.95 bits per heavy atom. The SMILES string of the molecule is CCCc1nc2ccccc2n1CC1CCCCC1. The minimum atomic E-state index is 0.863. The molecule has 2 aromatic rings. The molecule has 0 bridgehead atoms. The first-order valence-electron chi connectivity index (χ1n) is 7.82. The summed E-state index contributed by atoms with van der Waals surface area (Å²) in [6.45, 7) is 3.42. The summed E-state index contributed by atoms with van der Waals surface area (Å²) in [6.07, 6.45) is 9.34. The van der Waals surface area contributed by atoms with Crippen molar-refractivity contribution in [2.24, 2.45) is 5.92 Å². The molecule has 19 heavy (non-hydrogen) atoms. The molecular formula is C17H24N2. The first-order valence-corrected chi connectivity index (χ1v) is 7.82. The molecule has 0 aliphatic heterocycles. The summed E-state index contributed by atoms with van der Waals surface area (Å²) >= 11 is 0. The molecule has 1 aromatic carbocycles. The van der Waals surface area contributed by atoms with Crippen LogP contribution in [0.25, 0.3) is 11.0 Å². The minimum absolute atomic E-state index is 0.863. The molecule has 0 amide bonds. The van der Waals surface area contributed by atoms with Crippen molar-refractivity contribution in [2.45, 2.75) is 58.4 Å². The lowest BCUT2D eigenvalue weighted by Crippen LogP contribution is -2.16. The third-order valence-electron chi connectivity index (χ3n) is 4.37. The highest BCUT2D eigenvalue weighted by atomic mass is 15.1. The second kappa shape index (κ2) is 5.77. The fourth-order valence-electron chi connectivity index (χ4n) is 3.37. The number of fused-ring (bicyclic) bond motifs is 1. The van der Waals surface area contributed by atoms with Crippen LogP contribution in [0.2, 0.25) is 0 Å². The lowest BCUT2D eigenvalue weighted by molar-refractivity contribution is 0.319. The molecule has 1 saturated carbocycles. The first kappa shape index (κ1) is 12.7. The Kier molecular flexibility index (Phi) is 3.86. The highest BCUT2D eigenvalue weighted by Crippen LogP contribution is 2.27. The van der Waals surface area contributed by atoms with Crippen LogP contribution in [0.5, 0.6) is 0 Å². The van der Waals surface area contributed by atoms with Gasteiger partial charge < -0.3 is 4.57 Å². The Morgan fingerprint density at radius 3 is 2.74 bits per heavy atom. The predicted octanol–water partition coefficient (Wildman–Crippen LogP) is 4.57. The quantitative estimate of drug-likeness (QED) is 0.783. The van der Waals surface area contributed by atoms with Gasteiger partial charge in [-0.1, -0.05) is 38.3 Å². The molecule has 2 heteroatoms. The highest BCUT2D eigenvalue weighted by molar-refractivity contribution is 5.75. The van der Waals surface area contributed by atoms with Gasteiger partial charge in [0.25, 0.3) is 0 Å². The summed E-state index contributed by atoms with van der Waals surface area (Å²) in [6, 6.07) is 8.60. The van der Waals surface area contributed by atoms with Crippen molar-refractivity contribution in [3.8, 4) is 0 Å². The number of para-hydroxylation sites is 2. The number of imidazole rings is 1. The van der Waals surface area contributed by atoms with E-state index < -0.39 is 0 Å². The van der Waals surface area contributed by atoms with Gasteiger partial charge in [-0.15, -0.1) is 0 Å². The van der Waals surface area contributed by atoms with Gasteiger partial charge in [-0.2, -0.15) is 0 Å². The van der Waals surface area contributed by atoms with E-state index >= 15 is 0 Å². The molecule has 0 atom stereocenters. The Labute approximate surface area is 115 Å². The fourth-order valence-corrected chi connectivity index (χ4v) is 3.37. The predicted molar refractivity (Wildman–Crippen MR) is 80.3 cm³/mol. The van der Waals surface area contributed by atoms with Crippen LogP contribution in [0.1, 0.15) is 51.3 Å². The molecule has 0 N–H and O–H groups in total. The second-order valence-corrected chi connectivity index (χ2v) is 5.88. The molecule has 2 nitrogen and oxygen atoms in total. The molecule has 3 rings (SSSR count). The van der Waals surface area contributed by atoms with Crippen LogP contribution in [0, 0.1) is 5.92 Å². The van der Waals surface area contributed by atoms with E-state index in [4.69, 9.17) is 4.98 Å². The number of hydrogen-bond acceptors (Lipinski definition) is 1. The van der Waals surface area contributed by atoms with Gasteiger partial charge in [0.15, 0.2) is 0 Å². The molecule has 0 radical (unpaired) electrons. The van der Waals surface area contributed by atoms with Gasteiger partial charge in [0, 0.05) is 13.0 Å². The van der Waals surface area contributed by atoms with Gasteiger partial charge in [0.2, 0.25) is 0 Å². The van der Waals surface area contributed by atoms with E-state index in [0.717, 1.165) is 12.3 Å². The van der Waals surface area contributed by atoms with E-state index in [2.05, 4.69) is 35.8 Å². The minimum Gasteiger partial charge on any atom is -0.328 e. The monoisotopic (exact) mass is 256 g/mol. The molecule has 1 aromatic heterocycles. The Hall–Kier alpha value is -1.31. The molecule has 102 valence electrons. The molecular weight excluding hydrogens is 232 g/mol. The second-order valence-electron chi connectivity index (χ2n) is 5.88. The van der Waals surface area contributed by atoms with Gasteiger partial charge in [0.05, 0.1) is 11.0 Å². The van der Waals surface area contributed by atoms with Gasteiger partial charge >= 0.3 is 0 Å². The average molecular weight is 256 g/mol. The fraction of sp³-hybridized carbons (Fsp3) is 0.588. The Balaban J connectivity index is 1.92. The Bertz CT molecular complexity index is 535. The van der Waals surface area contributed by atoms with Gasteiger partial charge in [0.1, 0.15) is 5.82 Å². The van der Waals surface area contributed by atoms with Crippen molar-refractivity contribution in [1.82, 2.24) is 9.55 Å². The number of aryl methyl sites for hydroxylation is 1. The normalized spacial score (nSPS) is 17.1. The number of nitrogens with zero attached hydrogens (tertiary/aromatic N) is 2. The lowest BCUT2D eigenvalue weighted by Gasteiger charge is -2.23. The van der Waals surface area contributed by atoms with Gasteiger partial charge in [-0.25, -0.2) is 4.98 Å². The molecule has 1 heterocycles. The van der Waals surface area contributed by atoms with Crippen LogP contribution in [0.4, 0.5) is 0 Å². The number of hydrogen-bond donors (Lipinski definition) is 0. The zero-order valence-electron chi connectivity index (χ0n) is 11.9. The largest absolute Gasteiger partial charge is 0.328 e. The van der Waals surface area contributed by atoms with Crippen molar-refractivity contribution >= 4 is 11.0 Å². The van der Waals surface area contributed by atoms with Crippen LogP contribution >= 0.6 is 0 Å². The van der Waals surface area contributed by atoms with E-state index in [9.17, 15) is 0 Å². The lowest BCUT2D eigenvalue weighted by atomic mass is 9.89. The van der Waals surface area contributed by atoms with E-state index in [-0.39, 0.29) is 0 Å². The smallest absolute Gasteiger partial charge is 0.109 e. The summed E-state index contributed by atoms with van der Waals surface area (Å²) in [7, 11) is 0. The highest BCUT2D eigenvalue weighted by Gasteiger charge is 2.17. The average Bonchev–Trinajstić information content (AvgIpc) is 2.79. The van der Waals surface area contributed by atoms with Crippen LogP contribution in [-0.4, -0.2) is 9.55 Å². The summed E-state index contributed by atoms with van der Waals surface area (Å²) in [5.41, 5.74) is 2.50. The number of aromatic nitrogens is 2. The maximum Gasteiger partial charge on any atom is 0.109 e. The molecule has 0 unspecified atom stereocenters. The topological polar surface area (TPSA) is 17.8 Å². The van der Waals surface area contributed by atoms with E-state index in [1.807, 2.05) is 0 Å². The molecule has 0 spiro atoms. The molecule has 1 fully saturated rings. The zero-order valence-corrected chi connectivity index (χ0v) is 11.9. The van der Waals surface area contributed by atoms with Crippen molar-refractivity contribution in [2.75, 3.05) is 0 Å². The zero-order chi connectivity index (χ0) is 13.1. The summed E-state index contributed by atoms with van der Waals surface area (Å²) in [4.78, 5) is 4.83. The third kappa shape index (κ3) is 2.68. The maximum atomic E-state index is 4.83. The van der Waals surface area contributed by atoms with Gasteiger partial charge in [-0.05, 0) is 37.3 Å². The van der Waals surface area contributed by atoms with E-state index in [1.54, 1.807) is 0 Å². The van der Waals surface area contributed by atoms with Gasteiger partial charge in [-0.3, -0.25) is 0 Å². The molecule has 0 saturated heterocycles. The number of benzene rings is 1. The van der Waals surface area contributed by atoms with E-state index in [1.165, 1.54) is 61.9 Å². The van der Waals surface area contributed by atoms with Crippen molar-refractivity contribution < 1.29 is 0 Å². The number of rotatable bonds is 4. The third-order valence-corrected chi connectivity index (χ3v) is 4.37. The standard InChI is InChI=1S/C17H24N2/c1-2-8-17-18-15-11-6-7-12-16(15)19(17)13-14-9-4-3-5-10-14/h6-7,11-12,14H,2-5,8-10,13H2,1H3. The maximum absolute atomic E-state index is 4.83. The van der Waals surface area contributed by atoms with Crippen molar-refractivity contribution in [3.05, 3.63) is 30.1 Å². The van der Waals surface area contributed by atoms with Crippen LogP contribution in [0.3, 0.4) is 0 Å². The first-order chi connectivity index (χ1) is 9.38. The van der Waals surface area contributed by atoms with Crippen molar-refractivity contribution in [1.29, 1.82) is 0 Å². The van der Waals surface area contributed by atoms with Crippen LogP contribution in [0.15, 0.2) is 24.3 Å². The summed E-state index contributed by atoms with van der Waals surface area (Å²) < 4.78 is 2.49. The summed E-state index contributed by atoms with van der Waals surface area (Å²) in [5, 5.41) is 0. The Morgan fingerprint density at radius 1 is 1.16 bits per heavy atom.